The van der Waals surface area contributed by atoms with E-state index in [-0.39, 0.29) is 24.2 Å². The molecule has 1 unspecified atom stereocenters. The Morgan fingerprint density at radius 2 is 2.11 bits per heavy atom. The van der Waals surface area contributed by atoms with Crippen molar-refractivity contribution in [2.45, 2.75) is 44.6 Å². The predicted octanol–water partition coefficient (Wildman–Crippen LogP) is 1.75. The summed E-state index contributed by atoms with van der Waals surface area (Å²) in [5.41, 5.74) is 0. The zero-order valence-electron chi connectivity index (χ0n) is 11.3. The molecule has 1 atom stereocenters. The van der Waals surface area contributed by atoms with Gasteiger partial charge in [0.1, 0.15) is 0 Å². The molecule has 112 valence electrons. The highest BCUT2D eigenvalue weighted by Gasteiger charge is 2.33. The first-order chi connectivity index (χ1) is 9.01. The lowest BCUT2D eigenvalue weighted by molar-refractivity contribution is -0.141. The van der Waals surface area contributed by atoms with Crippen molar-refractivity contribution < 1.29 is 17.9 Å². The van der Waals surface area contributed by atoms with Gasteiger partial charge in [-0.15, -0.1) is 11.6 Å². The second kappa shape index (κ2) is 8.07. The maximum atomic E-state index is 12.3. The summed E-state index contributed by atoms with van der Waals surface area (Å²) < 4.78 is 30.7. The molecule has 0 radical (unpaired) electrons. The highest BCUT2D eigenvalue weighted by atomic mass is 35.5. The monoisotopic (exact) mass is 311 g/mol. The van der Waals surface area contributed by atoms with E-state index in [1.165, 1.54) is 11.4 Å². The van der Waals surface area contributed by atoms with Crippen molar-refractivity contribution in [3.05, 3.63) is 0 Å². The van der Waals surface area contributed by atoms with Crippen molar-refractivity contribution >= 4 is 27.6 Å². The van der Waals surface area contributed by atoms with Gasteiger partial charge in [0.25, 0.3) is 0 Å². The molecule has 0 aromatic carbocycles. The second-order valence-corrected chi connectivity index (χ2v) is 7.17. The number of hydrogen-bond donors (Lipinski definition) is 0. The van der Waals surface area contributed by atoms with Gasteiger partial charge in [-0.05, 0) is 25.7 Å². The minimum absolute atomic E-state index is 0.109. The number of esters is 1. The average molecular weight is 312 g/mol. The summed E-state index contributed by atoms with van der Waals surface area (Å²) in [5, 5.41) is 0. The van der Waals surface area contributed by atoms with Crippen LogP contribution in [0.2, 0.25) is 0 Å². The van der Waals surface area contributed by atoms with Gasteiger partial charge < -0.3 is 4.74 Å². The van der Waals surface area contributed by atoms with Crippen LogP contribution < -0.4 is 0 Å². The van der Waals surface area contributed by atoms with Crippen molar-refractivity contribution in [2.24, 2.45) is 0 Å². The maximum absolute atomic E-state index is 12.3. The first-order valence-corrected chi connectivity index (χ1v) is 8.78. The molecule has 1 rings (SSSR count). The van der Waals surface area contributed by atoms with E-state index in [4.69, 9.17) is 11.6 Å². The average Bonchev–Trinajstić information content (AvgIpc) is 2.39. The number of sulfonamides is 1. The van der Waals surface area contributed by atoms with Crippen LogP contribution in [-0.2, 0) is 19.6 Å². The lowest BCUT2D eigenvalue weighted by Crippen LogP contribution is -2.45. The Hall–Kier alpha value is -0.330. The van der Waals surface area contributed by atoms with Gasteiger partial charge in [-0.1, -0.05) is 6.42 Å². The van der Waals surface area contributed by atoms with E-state index >= 15 is 0 Å². The van der Waals surface area contributed by atoms with E-state index in [1.807, 2.05) is 0 Å². The van der Waals surface area contributed by atoms with E-state index in [0.29, 0.717) is 25.3 Å². The van der Waals surface area contributed by atoms with Crippen molar-refractivity contribution in [2.75, 3.05) is 25.3 Å². The molecular weight excluding hydrogens is 290 g/mol. The molecule has 1 saturated heterocycles. The van der Waals surface area contributed by atoms with Gasteiger partial charge >= 0.3 is 5.97 Å². The molecule has 0 amide bonds. The molecule has 1 fully saturated rings. The summed E-state index contributed by atoms with van der Waals surface area (Å²) in [4.78, 5) is 11.4. The number of carbonyl (C=O) groups is 1. The number of hydrogen-bond acceptors (Lipinski definition) is 4. The van der Waals surface area contributed by atoms with E-state index < -0.39 is 10.0 Å². The standard InChI is InChI=1S/C12H22ClNO4S/c1-18-12(15)10-11-6-2-4-8-14(11)19(16,17)9-5-3-7-13/h11H,2-10H2,1H3. The summed E-state index contributed by atoms with van der Waals surface area (Å²) in [5.74, 6) is 0.228. The van der Waals surface area contributed by atoms with Crippen LogP contribution in [0.3, 0.4) is 0 Å². The van der Waals surface area contributed by atoms with Gasteiger partial charge in [-0.2, -0.15) is 4.31 Å². The van der Waals surface area contributed by atoms with Crippen molar-refractivity contribution in [3.8, 4) is 0 Å². The zero-order valence-corrected chi connectivity index (χ0v) is 12.9. The van der Waals surface area contributed by atoms with E-state index in [0.717, 1.165) is 19.3 Å². The van der Waals surface area contributed by atoms with E-state index in [9.17, 15) is 13.2 Å². The normalized spacial score (nSPS) is 21.3. The summed E-state index contributed by atoms with van der Waals surface area (Å²) in [6, 6.07) is -0.248. The molecule has 1 heterocycles. The van der Waals surface area contributed by atoms with Gasteiger partial charge in [-0.25, -0.2) is 8.42 Å². The maximum Gasteiger partial charge on any atom is 0.307 e. The molecule has 0 saturated carbocycles. The molecule has 0 aromatic rings. The number of piperidine rings is 1. The largest absolute Gasteiger partial charge is 0.469 e. The van der Waals surface area contributed by atoms with Crippen LogP contribution in [0.25, 0.3) is 0 Å². The Balaban J connectivity index is 2.67. The van der Waals surface area contributed by atoms with E-state index in [1.54, 1.807) is 0 Å². The number of unbranched alkanes of at least 4 members (excludes halogenated alkanes) is 1. The molecule has 0 N–H and O–H groups in total. The Kier molecular flexibility index (Phi) is 7.10. The van der Waals surface area contributed by atoms with Crippen LogP contribution in [0.5, 0.6) is 0 Å². The lowest BCUT2D eigenvalue weighted by Gasteiger charge is -2.34. The van der Waals surface area contributed by atoms with Crippen molar-refractivity contribution in [1.82, 2.24) is 4.31 Å². The minimum atomic E-state index is -3.29. The highest BCUT2D eigenvalue weighted by molar-refractivity contribution is 7.89. The fraction of sp³-hybridized carbons (Fsp3) is 0.917. The number of halogens is 1. The van der Waals surface area contributed by atoms with Gasteiger partial charge in [0.05, 0.1) is 19.3 Å². The number of alkyl halides is 1. The first kappa shape index (κ1) is 16.7. The van der Waals surface area contributed by atoms with Gasteiger partial charge in [0.2, 0.25) is 10.0 Å². The van der Waals surface area contributed by atoms with Crippen LogP contribution in [0, 0.1) is 0 Å². The highest BCUT2D eigenvalue weighted by Crippen LogP contribution is 2.24. The predicted molar refractivity (Wildman–Crippen MR) is 74.7 cm³/mol. The Bertz CT molecular complexity index is 385. The van der Waals surface area contributed by atoms with E-state index in [2.05, 4.69) is 4.74 Å². The SMILES string of the molecule is COC(=O)CC1CCCCN1S(=O)(=O)CCCCCl. The second-order valence-electron chi connectivity index (χ2n) is 4.75. The molecule has 1 aliphatic rings. The molecule has 19 heavy (non-hydrogen) atoms. The fourth-order valence-electron chi connectivity index (χ4n) is 2.32. The van der Waals surface area contributed by atoms with Crippen LogP contribution in [0.15, 0.2) is 0 Å². The smallest absolute Gasteiger partial charge is 0.307 e. The fourth-order valence-corrected chi connectivity index (χ4v) is 4.35. The molecule has 0 aliphatic carbocycles. The van der Waals surface area contributed by atoms with Gasteiger partial charge in [-0.3, -0.25) is 4.79 Å². The quantitative estimate of drug-likeness (QED) is 0.408. The third-order valence-corrected chi connectivity index (χ3v) is 5.61. The summed E-state index contributed by atoms with van der Waals surface area (Å²) >= 11 is 5.56. The number of carbonyl (C=O) groups excluding carboxylic acids is 1. The van der Waals surface area contributed by atoms with Crippen LogP contribution in [0.4, 0.5) is 0 Å². The molecule has 1 aliphatic heterocycles. The molecule has 0 aromatic heterocycles. The zero-order chi connectivity index (χ0) is 14.3. The third kappa shape index (κ3) is 5.28. The Morgan fingerprint density at radius 3 is 2.74 bits per heavy atom. The van der Waals surface area contributed by atoms with Crippen LogP contribution >= 0.6 is 11.6 Å². The minimum Gasteiger partial charge on any atom is -0.469 e. The van der Waals surface area contributed by atoms with Crippen molar-refractivity contribution in [1.29, 1.82) is 0 Å². The lowest BCUT2D eigenvalue weighted by atomic mass is 10.0. The molecule has 7 heteroatoms. The summed E-state index contributed by atoms with van der Waals surface area (Å²) in [6.07, 6.45) is 3.93. The van der Waals surface area contributed by atoms with Crippen molar-refractivity contribution in [3.63, 3.8) is 0 Å². The number of nitrogens with zero attached hydrogens (tertiary/aromatic N) is 1. The number of ether oxygens (including phenoxy) is 1. The number of rotatable bonds is 7. The number of methoxy groups -OCH3 is 1. The molecule has 5 nitrogen and oxygen atoms in total. The van der Waals surface area contributed by atoms with Gasteiger partial charge in [0.15, 0.2) is 0 Å². The van der Waals surface area contributed by atoms with Gasteiger partial charge in [0, 0.05) is 18.5 Å². The molecule has 0 bridgehead atoms. The molecule has 0 spiro atoms. The Labute approximate surface area is 120 Å². The Morgan fingerprint density at radius 1 is 1.37 bits per heavy atom. The summed E-state index contributed by atoms with van der Waals surface area (Å²) in [6.45, 7) is 0.505. The topological polar surface area (TPSA) is 63.7 Å². The summed E-state index contributed by atoms with van der Waals surface area (Å²) in [7, 11) is -1.97. The van der Waals surface area contributed by atoms with Crippen LogP contribution in [-0.4, -0.2) is 50.0 Å². The third-order valence-electron chi connectivity index (χ3n) is 3.35. The first-order valence-electron chi connectivity index (χ1n) is 6.63. The van der Waals surface area contributed by atoms with Crippen LogP contribution in [0.1, 0.15) is 38.5 Å². The molecular formula is C12H22ClNO4S.